The number of nitrogens with zero attached hydrogens (tertiary/aromatic N) is 3. The molecular weight excluding hydrogens is 427 g/mol. The van der Waals surface area contributed by atoms with Crippen LogP contribution in [0.2, 0.25) is 10.0 Å². The lowest BCUT2D eigenvalue weighted by Crippen LogP contribution is -2.15. The molecule has 0 atom stereocenters. The minimum atomic E-state index is -0.136. The van der Waals surface area contributed by atoms with Gasteiger partial charge in [0, 0.05) is 11.6 Å². The molecule has 1 heterocycles. The van der Waals surface area contributed by atoms with Crippen LogP contribution in [0.25, 0.3) is 11.4 Å². The molecule has 4 rings (SSSR count). The van der Waals surface area contributed by atoms with Gasteiger partial charge in [-0.3, -0.25) is 9.36 Å². The number of hydrogen-bond acceptors (Lipinski definition) is 4. The Kier molecular flexibility index (Phi) is 6.43. The molecule has 5 nitrogen and oxygen atoms in total. The Morgan fingerprint density at radius 2 is 1.72 bits per heavy atom. The van der Waals surface area contributed by atoms with E-state index in [4.69, 9.17) is 23.2 Å². The Morgan fingerprint density at radius 3 is 2.45 bits per heavy atom. The first-order valence-corrected chi connectivity index (χ1v) is 11.2. The minimum Gasteiger partial charge on any atom is -0.324 e. The predicted octanol–water partition coefficient (Wildman–Crippen LogP) is 6.10. The van der Waals surface area contributed by atoms with Gasteiger partial charge in [-0.15, -0.1) is 10.2 Å². The van der Waals surface area contributed by atoms with Gasteiger partial charge in [-0.2, -0.15) is 0 Å². The van der Waals surface area contributed by atoms with Crippen LogP contribution in [0.15, 0.2) is 53.7 Å². The molecule has 1 saturated carbocycles. The van der Waals surface area contributed by atoms with E-state index in [0.29, 0.717) is 21.8 Å². The van der Waals surface area contributed by atoms with Crippen LogP contribution in [0.5, 0.6) is 0 Å². The number of halogens is 2. The lowest BCUT2D eigenvalue weighted by atomic mass is 10.2. The third kappa shape index (κ3) is 4.60. The summed E-state index contributed by atoms with van der Waals surface area (Å²) in [5.74, 6) is 0.846. The van der Waals surface area contributed by atoms with Gasteiger partial charge in [0.05, 0.1) is 21.5 Å². The number of para-hydroxylation sites is 1. The number of carbonyl (C=O) groups is 1. The highest BCUT2D eigenvalue weighted by atomic mass is 35.5. The summed E-state index contributed by atoms with van der Waals surface area (Å²) in [6.07, 6.45) is 4.52. The van der Waals surface area contributed by atoms with Gasteiger partial charge in [-0.1, -0.05) is 72.1 Å². The van der Waals surface area contributed by atoms with Crippen LogP contribution >= 0.6 is 35.0 Å². The second-order valence-corrected chi connectivity index (χ2v) is 8.67. The van der Waals surface area contributed by atoms with Crippen molar-refractivity contribution in [3.63, 3.8) is 0 Å². The van der Waals surface area contributed by atoms with Gasteiger partial charge in [0.2, 0.25) is 5.91 Å². The molecule has 2 aromatic carbocycles. The molecular formula is C21H20Cl2N4OS. The Hall–Kier alpha value is -2.02. The van der Waals surface area contributed by atoms with Crippen LogP contribution in [0.4, 0.5) is 5.69 Å². The third-order valence-electron chi connectivity index (χ3n) is 4.95. The molecule has 0 radical (unpaired) electrons. The highest BCUT2D eigenvalue weighted by Gasteiger charge is 2.26. The van der Waals surface area contributed by atoms with Crippen LogP contribution in [-0.2, 0) is 4.79 Å². The number of aromatic nitrogens is 3. The highest BCUT2D eigenvalue weighted by Crippen LogP contribution is 2.38. The SMILES string of the molecule is O=C(CSc1nnc(-c2ccccc2Cl)n1C1CCCC1)Nc1ccccc1Cl. The van der Waals surface area contributed by atoms with E-state index in [1.54, 1.807) is 12.1 Å². The van der Waals surface area contributed by atoms with E-state index < -0.39 is 0 Å². The average Bonchev–Trinajstić information content (AvgIpc) is 3.38. The van der Waals surface area contributed by atoms with E-state index in [0.717, 1.165) is 29.4 Å². The maximum Gasteiger partial charge on any atom is 0.234 e. The summed E-state index contributed by atoms with van der Waals surface area (Å²) in [5.41, 5.74) is 1.47. The Labute approximate surface area is 183 Å². The number of rotatable bonds is 6. The largest absolute Gasteiger partial charge is 0.324 e. The average molecular weight is 447 g/mol. The second-order valence-electron chi connectivity index (χ2n) is 6.91. The van der Waals surface area contributed by atoms with Gasteiger partial charge < -0.3 is 5.32 Å². The quantitative estimate of drug-likeness (QED) is 0.464. The molecule has 1 aliphatic carbocycles. The Bertz CT molecular complexity index is 1020. The van der Waals surface area contributed by atoms with E-state index in [1.807, 2.05) is 36.4 Å². The van der Waals surface area contributed by atoms with Crippen molar-refractivity contribution in [2.45, 2.75) is 36.9 Å². The summed E-state index contributed by atoms with van der Waals surface area (Å²) in [6.45, 7) is 0. The molecule has 3 aromatic rings. The molecule has 150 valence electrons. The molecule has 1 N–H and O–H groups in total. The van der Waals surface area contributed by atoms with E-state index >= 15 is 0 Å². The van der Waals surface area contributed by atoms with Crippen molar-refractivity contribution in [1.29, 1.82) is 0 Å². The topological polar surface area (TPSA) is 59.8 Å². The van der Waals surface area contributed by atoms with Crippen molar-refractivity contribution >= 4 is 46.6 Å². The second kappa shape index (κ2) is 9.20. The van der Waals surface area contributed by atoms with Gasteiger partial charge in [0.25, 0.3) is 0 Å². The Balaban J connectivity index is 1.55. The lowest BCUT2D eigenvalue weighted by molar-refractivity contribution is -0.113. The lowest BCUT2D eigenvalue weighted by Gasteiger charge is -2.17. The standard InChI is InChI=1S/C21H20Cl2N4OS/c22-16-10-4-3-9-15(16)20-25-26-21(27(20)14-7-1-2-8-14)29-13-19(28)24-18-12-6-5-11-17(18)23/h3-6,9-12,14H,1-2,7-8,13H2,(H,24,28). The molecule has 29 heavy (non-hydrogen) atoms. The van der Waals surface area contributed by atoms with Crippen LogP contribution in [0.3, 0.4) is 0 Å². The van der Waals surface area contributed by atoms with Gasteiger partial charge >= 0.3 is 0 Å². The number of thioether (sulfide) groups is 1. The van der Waals surface area contributed by atoms with E-state index in [-0.39, 0.29) is 11.7 Å². The van der Waals surface area contributed by atoms with Crippen LogP contribution in [0, 0.1) is 0 Å². The fourth-order valence-corrected chi connectivity index (χ4v) is 4.78. The molecule has 1 amide bonds. The highest BCUT2D eigenvalue weighted by molar-refractivity contribution is 7.99. The summed E-state index contributed by atoms with van der Waals surface area (Å²) in [4.78, 5) is 12.4. The molecule has 0 unspecified atom stereocenters. The van der Waals surface area contributed by atoms with Crippen molar-refractivity contribution in [1.82, 2.24) is 14.8 Å². The van der Waals surface area contributed by atoms with E-state index in [9.17, 15) is 4.79 Å². The summed E-state index contributed by atoms with van der Waals surface area (Å²) in [6, 6.07) is 15.2. The molecule has 0 aliphatic heterocycles. The molecule has 0 bridgehead atoms. The van der Waals surface area contributed by atoms with Crippen LogP contribution in [0.1, 0.15) is 31.7 Å². The smallest absolute Gasteiger partial charge is 0.234 e. The van der Waals surface area contributed by atoms with E-state index in [2.05, 4.69) is 20.1 Å². The minimum absolute atomic E-state index is 0.136. The Morgan fingerprint density at radius 1 is 1.03 bits per heavy atom. The number of nitrogens with one attached hydrogen (secondary N) is 1. The number of anilines is 1. The maximum atomic E-state index is 12.4. The molecule has 0 spiro atoms. The molecule has 1 fully saturated rings. The van der Waals surface area contributed by atoms with Gasteiger partial charge in [-0.05, 0) is 37.1 Å². The normalized spacial score (nSPS) is 14.3. The first kappa shape index (κ1) is 20.3. The summed E-state index contributed by atoms with van der Waals surface area (Å²) >= 11 is 13.9. The molecule has 0 saturated heterocycles. The summed E-state index contributed by atoms with van der Waals surface area (Å²) in [7, 11) is 0. The van der Waals surface area contributed by atoms with Crippen LogP contribution in [-0.4, -0.2) is 26.4 Å². The van der Waals surface area contributed by atoms with Crippen molar-refractivity contribution in [2.24, 2.45) is 0 Å². The number of hydrogen-bond donors (Lipinski definition) is 1. The third-order valence-corrected chi connectivity index (χ3v) is 6.55. The van der Waals surface area contributed by atoms with Crippen molar-refractivity contribution in [3.8, 4) is 11.4 Å². The zero-order valence-corrected chi connectivity index (χ0v) is 18.0. The summed E-state index contributed by atoms with van der Waals surface area (Å²) < 4.78 is 2.15. The zero-order chi connectivity index (χ0) is 20.2. The van der Waals surface area contributed by atoms with Gasteiger partial charge in [0.1, 0.15) is 0 Å². The fraction of sp³-hybridized carbons (Fsp3) is 0.286. The number of benzene rings is 2. The summed E-state index contributed by atoms with van der Waals surface area (Å²) in [5, 5.41) is 13.6. The first-order valence-electron chi connectivity index (χ1n) is 9.50. The van der Waals surface area contributed by atoms with Crippen molar-refractivity contribution in [2.75, 3.05) is 11.1 Å². The molecule has 1 aliphatic rings. The molecule has 8 heteroatoms. The molecule has 1 aromatic heterocycles. The van der Waals surface area contributed by atoms with Gasteiger partial charge in [0.15, 0.2) is 11.0 Å². The monoisotopic (exact) mass is 446 g/mol. The number of carbonyl (C=O) groups excluding carboxylic acids is 1. The predicted molar refractivity (Wildman–Crippen MR) is 119 cm³/mol. The number of amides is 1. The maximum absolute atomic E-state index is 12.4. The zero-order valence-electron chi connectivity index (χ0n) is 15.6. The van der Waals surface area contributed by atoms with Crippen LogP contribution < -0.4 is 5.32 Å². The van der Waals surface area contributed by atoms with E-state index in [1.165, 1.54) is 24.6 Å². The van der Waals surface area contributed by atoms with Gasteiger partial charge in [-0.25, -0.2) is 0 Å². The first-order chi connectivity index (χ1) is 14.1. The van der Waals surface area contributed by atoms with Crippen molar-refractivity contribution in [3.05, 3.63) is 58.6 Å². The fourth-order valence-electron chi connectivity index (χ4n) is 3.57. The van der Waals surface area contributed by atoms with Crippen molar-refractivity contribution < 1.29 is 4.79 Å².